The molecule has 2 unspecified atom stereocenters. The fourth-order valence-corrected chi connectivity index (χ4v) is 4.92. The Bertz CT molecular complexity index is 724. The summed E-state index contributed by atoms with van der Waals surface area (Å²) in [6.07, 6.45) is 5.89. The predicted molar refractivity (Wildman–Crippen MR) is 114 cm³/mol. The second kappa shape index (κ2) is 10.3. The molecular weight excluding hydrogens is 390 g/mol. The Balaban J connectivity index is 1.73. The van der Waals surface area contributed by atoms with E-state index in [1.54, 1.807) is 11.8 Å². The number of rotatable bonds is 8. The lowest BCUT2D eigenvalue weighted by molar-refractivity contribution is -0.149. The first-order chi connectivity index (χ1) is 14.0. The molecule has 1 aliphatic heterocycles. The highest BCUT2D eigenvalue weighted by Crippen LogP contribution is 2.29. The lowest BCUT2D eigenvalue weighted by atomic mass is 9.95. The lowest BCUT2D eigenvalue weighted by Gasteiger charge is -2.24. The van der Waals surface area contributed by atoms with Crippen molar-refractivity contribution >= 4 is 29.5 Å². The van der Waals surface area contributed by atoms with Gasteiger partial charge in [0.2, 0.25) is 0 Å². The molecule has 1 amide bonds. The van der Waals surface area contributed by atoms with Gasteiger partial charge in [-0.15, -0.1) is 11.8 Å². The van der Waals surface area contributed by atoms with Crippen LogP contribution in [0, 0.1) is 5.92 Å². The Morgan fingerprint density at radius 3 is 2.72 bits per heavy atom. The molecule has 0 spiro atoms. The molecule has 1 aromatic rings. The Labute approximate surface area is 176 Å². The number of carboxylic acids is 1. The third kappa shape index (κ3) is 5.63. The van der Waals surface area contributed by atoms with E-state index in [1.165, 1.54) is 6.42 Å². The zero-order valence-electron chi connectivity index (χ0n) is 17.0. The van der Waals surface area contributed by atoms with Crippen molar-refractivity contribution in [3.05, 3.63) is 17.7 Å². The van der Waals surface area contributed by atoms with Gasteiger partial charge in [0, 0.05) is 25.0 Å². The highest BCUT2D eigenvalue weighted by Gasteiger charge is 2.33. The number of pyridine rings is 1. The van der Waals surface area contributed by atoms with Gasteiger partial charge >= 0.3 is 5.97 Å². The van der Waals surface area contributed by atoms with Crippen LogP contribution in [0.4, 0.5) is 5.82 Å². The number of hydrogen-bond donors (Lipinski definition) is 3. The number of carbonyl (C=O) groups excluding carboxylic acids is 1. The number of nitrogens with zero attached hydrogens (tertiary/aromatic N) is 2. The molecule has 2 aliphatic rings. The molecule has 2 fully saturated rings. The van der Waals surface area contributed by atoms with Crippen molar-refractivity contribution in [1.82, 2.24) is 10.3 Å². The number of aliphatic hydroxyl groups excluding tert-OH is 1. The van der Waals surface area contributed by atoms with Crippen LogP contribution in [-0.2, 0) is 4.79 Å². The van der Waals surface area contributed by atoms with E-state index >= 15 is 0 Å². The molecule has 29 heavy (non-hydrogen) atoms. The van der Waals surface area contributed by atoms with Gasteiger partial charge in [0.25, 0.3) is 5.91 Å². The van der Waals surface area contributed by atoms with Crippen LogP contribution < -0.4 is 10.2 Å². The molecule has 8 heteroatoms. The summed E-state index contributed by atoms with van der Waals surface area (Å²) < 4.78 is 0. The van der Waals surface area contributed by atoms with Crippen LogP contribution in [0.1, 0.15) is 62.2 Å². The molecule has 2 heterocycles. The monoisotopic (exact) mass is 421 g/mol. The molecule has 3 N–H and O–H groups in total. The van der Waals surface area contributed by atoms with Crippen molar-refractivity contribution in [3.63, 3.8) is 0 Å². The van der Waals surface area contributed by atoms with Gasteiger partial charge in [-0.05, 0) is 43.6 Å². The maximum Gasteiger partial charge on any atom is 0.332 e. The molecular formula is C21H31N3O4S. The molecule has 1 aliphatic carbocycles. The number of aromatic nitrogens is 1. The Kier molecular flexibility index (Phi) is 7.77. The number of anilines is 1. The van der Waals surface area contributed by atoms with Crippen molar-refractivity contribution in [1.29, 1.82) is 0 Å². The minimum atomic E-state index is -1.35. The van der Waals surface area contributed by atoms with Crippen LogP contribution in [-0.4, -0.2) is 58.1 Å². The maximum atomic E-state index is 12.9. The second-order valence-electron chi connectivity index (χ2n) is 7.96. The van der Waals surface area contributed by atoms with E-state index in [2.05, 4.69) is 12.2 Å². The van der Waals surface area contributed by atoms with Gasteiger partial charge in [0.1, 0.15) is 10.8 Å². The molecule has 3 rings (SSSR count). The average Bonchev–Trinajstić information content (AvgIpc) is 3.22. The lowest BCUT2D eigenvalue weighted by Crippen LogP contribution is -2.36. The highest BCUT2D eigenvalue weighted by atomic mass is 32.2. The first-order valence-corrected chi connectivity index (χ1v) is 11.6. The summed E-state index contributed by atoms with van der Waals surface area (Å²) in [4.78, 5) is 30.7. The fraction of sp³-hybridized carbons (Fsp3) is 0.667. The van der Waals surface area contributed by atoms with E-state index in [9.17, 15) is 14.7 Å². The first kappa shape index (κ1) is 21.9. The number of hydrogen-bond acceptors (Lipinski definition) is 6. The summed E-state index contributed by atoms with van der Waals surface area (Å²) in [5.41, 5.74) is 0.610. The van der Waals surface area contributed by atoms with Crippen molar-refractivity contribution in [3.8, 4) is 0 Å². The van der Waals surface area contributed by atoms with Crippen LogP contribution in [0.25, 0.3) is 0 Å². The number of nitrogens with one attached hydrogen (secondary N) is 1. The van der Waals surface area contributed by atoms with E-state index in [0.717, 1.165) is 48.7 Å². The van der Waals surface area contributed by atoms with Crippen LogP contribution in [0.15, 0.2) is 17.2 Å². The molecule has 0 bridgehead atoms. The zero-order chi connectivity index (χ0) is 20.8. The van der Waals surface area contributed by atoms with Crippen LogP contribution in [0.3, 0.4) is 0 Å². The first-order valence-electron chi connectivity index (χ1n) is 10.6. The molecule has 0 aromatic carbocycles. The maximum absolute atomic E-state index is 12.9. The van der Waals surface area contributed by atoms with Gasteiger partial charge in [-0.25, -0.2) is 9.78 Å². The zero-order valence-corrected chi connectivity index (χ0v) is 17.8. The van der Waals surface area contributed by atoms with Crippen LogP contribution >= 0.6 is 11.8 Å². The third-order valence-corrected chi connectivity index (χ3v) is 6.92. The summed E-state index contributed by atoms with van der Waals surface area (Å²) >= 11 is 1.58. The summed E-state index contributed by atoms with van der Waals surface area (Å²) in [5.74, 6) is 0.0580. The van der Waals surface area contributed by atoms with E-state index in [0.29, 0.717) is 25.1 Å². The minimum Gasteiger partial charge on any atom is -0.479 e. The topological polar surface area (TPSA) is 103 Å². The standard InChI is InChI=1S/C21H31N3O4S/c1-2-12-29-20-16(19(26)22-15-6-4-3-5-7-15)8-9-17(23-20)24-11-10-14(13-24)18(25)21(27)28/h8-9,14-15,18,25H,2-7,10-13H2,1H3,(H,22,26)(H,27,28). The van der Waals surface area contributed by atoms with Crippen molar-refractivity contribution < 1.29 is 19.8 Å². The van der Waals surface area contributed by atoms with Gasteiger partial charge < -0.3 is 20.4 Å². The number of thioether (sulfide) groups is 1. The number of aliphatic hydroxyl groups is 1. The smallest absolute Gasteiger partial charge is 0.332 e. The summed E-state index contributed by atoms with van der Waals surface area (Å²) in [6, 6.07) is 3.91. The normalized spacial score (nSPS) is 21.2. The SMILES string of the molecule is CCCSc1nc(N2CCC(C(O)C(=O)O)C2)ccc1C(=O)NC1CCCCC1. The number of carboxylic acid groups (broad SMARTS) is 1. The largest absolute Gasteiger partial charge is 0.479 e. The van der Waals surface area contributed by atoms with Gasteiger partial charge in [-0.2, -0.15) is 0 Å². The van der Waals surface area contributed by atoms with Gasteiger partial charge in [0.15, 0.2) is 6.10 Å². The fourth-order valence-electron chi connectivity index (χ4n) is 4.05. The molecule has 0 radical (unpaired) electrons. The Hall–Kier alpha value is -1.80. The Morgan fingerprint density at radius 1 is 1.28 bits per heavy atom. The minimum absolute atomic E-state index is 0.0600. The van der Waals surface area contributed by atoms with Crippen LogP contribution in [0.2, 0.25) is 0 Å². The summed E-state index contributed by atoms with van der Waals surface area (Å²) in [6.45, 7) is 3.19. The van der Waals surface area contributed by atoms with Crippen molar-refractivity contribution in [2.75, 3.05) is 23.7 Å². The molecule has 1 saturated heterocycles. The van der Waals surface area contributed by atoms with Gasteiger partial charge in [0.05, 0.1) is 5.56 Å². The molecule has 1 saturated carbocycles. The molecule has 160 valence electrons. The third-order valence-electron chi connectivity index (χ3n) is 5.72. The van der Waals surface area contributed by atoms with E-state index < -0.39 is 12.1 Å². The Morgan fingerprint density at radius 2 is 2.03 bits per heavy atom. The van der Waals surface area contributed by atoms with Crippen LogP contribution in [0.5, 0.6) is 0 Å². The molecule has 7 nitrogen and oxygen atoms in total. The average molecular weight is 422 g/mol. The van der Waals surface area contributed by atoms with Gasteiger partial charge in [-0.3, -0.25) is 4.79 Å². The summed E-state index contributed by atoms with van der Waals surface area (Å²) in [7, 11) is 0. The predicted octanol–water partition coefficient (Wildman–Crippen LogP) is 2.92. The molecule has 1 aromatic heterocycles. The molecule has 2 atom stereocenters. The van der Waals surface area contributed by atoms with Crippen molar-refractivity contribution in [2.45, 2.75) is 69.0 Å². The van der Waals surface area contributed by atoms with Crippen molar-refractivity contribution in [2.24, 2.45) is 5.92 Å². The second-order valence-corrected chi connectivity index (χ2v) is 9.04. The number of carbonyl (C=O) groups is 2. The van der Waals surface area contributed by atoms with E-state index in [-0.39, 0.29) is 17.9 Å². The van der Waals surface area contributed by atoms with E-state index in [1.807, 2.05) is 17.0 Å². The quantitative estimate of drug-likeness (QED) is 0.555. The van der Waals surface area contributed by atoms with Gasteiger partial charge in [-0.1, -0.05) is 26.2 Å². The highest BCUT2D eigenvalue weighted by molar-refractivity contribution is 7.99. The summed E-state index contributed by atoms with van der Waals surface area (Å²) in [5, 5.41) is 22.8. The van der Waals surface area contributed by atoms with E-state index in [4.69, 9.17) is 10.1 Å². The number of aliphatic carboxylic acids is 1. The number of amides is 1.